The predicted octanol–water partition coefficient (Wildman–Crippen LogP) is 14.8. The summed E-state index contributed by atoms with van der Waals surface area (Å²) in [6.07, 6.45) is 7.86. The number of allylic oxidation sites excluding steroid dienone is 1. The van der Waals surface area contributed by atoms with Crippen LogP contribution < -0.4 is 30.2 Å². The molecule has 534 valence electrons. The number of aryl methyl sites for hydroxylation is 4. The highest BCUT2D eigenvalue weighted by Crippen LogP contribution is 2.42. The van der Waals surface area contributed by atoms with Gasteiger partial charge in [0.1, 0.15) is 35.7 Å². The molecule has 1 saturated carbocycles. The van der Waals surface area contributed by atoms with Gasteiger partial charge in [-0.2, -0.15) is 23.4 Å². The number of nitrogens with zero attached hydrogens (tertiary/aromatic N) is 13. The number of aromatic nitrogens is 15. The van der Waals surface area contributed by atoms with E-state index in [9.17, 15) is 27.6 Å². The van der Waals surface area contributed by atoms with Crippen molar-refractivity contribution in [3.05, 3.63) is 196 Å². The summed E-state index contributed by atoms with van der Waals surface area (Å²) in [6, 6.07) is 21.4. The highest BCUT2D eigenvalue weighted by atomic mass is 19.4. The van der Waals surface area contributed by atoms with Gasteiger partial charge in [-0.25, -0.2) is 48.1 Å². The van der Waals surface area contributed by atoms with Crippen molar-refractivity contribution in [1.82, 2.24) is 89.5 Å². The third kappa shape index (κ3) is 15.4. The average molecular weight is 1420 g/mol. The predicted molar refractivity (Wildman–Crippen MR) is 376 cm³/mol. The Balaban J connectivity index is 0.000000148. The third-order valence-corrected chi connectivity index (χ3v) is 16.0. The van der Waals surface area contributed by atoms with E-state index >= 15 is 13.2 Å². The molecule has 9 aromatic heterocycles. The Bertz CT molecular complexity index is 5430. The first-order chi connectivity index (χ1) is 49.7. The van der Waals surface area contributed by atoms with E-state index in [4.69, 9.17) is 14.2 Å². The highest BCUT2D eigenvalue weighted by Gasteiger charge is 2.34. The van der Waals surface area contributed by atoms with Gasteiger partial charge in [-0.05, 0) is 126 Å². The van der Waals surface area contributed by atoms with Crippen LogP contribution in [0.3, 0.4) is 0 Å². The number of rotatable bonds is 18. The Kier molecular flexibility index (Phi) is 19.9. The molecule has 0 radical (unpaired) electrons. The molecule has 33 heteroatoms. The molecule has 0 bridgehead atoms. The maximum absolute atomic E-state index is 15.3. The minimum Gasteiger partial charge on any atom is -0.435 e. The normalized spacial score (nSPS) is 12.0. The zero-order chi connectivity index (χ0) is 74.0. The van der Waals surface area contributed by atoms with Gasteiger partial charge < -0.3 is 64.4 Å². The molecule has 1 aliphatic carbocycles. The summed E-state index contributed by atoms with van der Waals surface area (Å²) >= 11 is 0. The quantitative estimate of drug-likeness (QED) is 0.0370. The molecule has 0 unspecified atom stereocenters. The van der Waals surface area contributed by atoms with Gasteiger partial charge in [-0.15, -0.1) is 0 Å². The number of aromatic amines is 5. The summed E-state index contributed by atoms with van der Waals surface area (Å²) in [7, 11) is 9.35. The number of H-pyrrole nitrogens is 5. The Morgan fingerprint density at radius 1 is 0.538 bits per heavy atom. The van der Waals surface area contributed by atoms with Gasteiger partial charge >= 0.3 is 6.18 Å². The van der Waals surface area contributed by atoms with E-state index in [1.807, 2.05) is 39.0 Å². The van der Waals surface area contributed by atoms with Crippen molar-refractivity contribution in [1.29, 1.82) is 0 Å². The average Bonchev–Trinajstić information content (AvgIpc) is 1.25. The number of anilines is 6. The SMILES string of the molecule is C/C=C/c1cc(Nc2ncnc(Oc3ccc4[nH]c(C)cc4c3F)c2C(=O)N(C)C)n[nH]1.Cc1cc2c(F)c(Oc3ncnc(Nc4cc(C5CC5)[nH]n4)c3C(=O)N(C)C)ccc2[nH]1.Cc1cn(-c2cc(Nc3ncnc(Oc4ccc5[nH]c(C)cc5c4F)c3C(=O)N(C)C)cc(C(F)(F)F)c2)cn1. The van der Waals surface area contributed by atoms with Gasteiger partial charge in [0.25, 0.3) is 17.7 Å². The summed E-state index contributed by atoms with van der Waals surface area (Å²) < 4.78 is 106. The minimum absolute atomic E-state index is 0.0102. The van der Waals surface area contributed by atoms with Crippen LogP contribution in [0.15, 0.2) is 123 Å². The summed E-state index contributed by atoms with van der Waals surface area (Å²) in [5.74, 6) is -2.10. The van der Waals surface area contributed by atoms with Crippen LogP contribution >= 0.6 is 0 Å². The molecule has 8 N–H and O–H groups in total. The molecule has 9 heterocycles. The fourth-order valence-electron chi connectivity index (χ4n) is 10.9. The van der Waals surface area contributed by atoms with Crippen LogP contribution in [0, 0.1) is 45.1 Å². The van der Waals surface area contributed by atoms with E-state index in [0.29, 0.717) is 50.6 Å². The number of ether oxygens (including phenoxy) is 3. The second-order valence-corrected chi connectivity index (χ2v) is 24.7. The van der Waals surface area contributed by atoms with Crippen molar-refractivity contribution in [3.8, 4) is 40.6 Å². The van der Waals surface area contributed by atoms with Crippen LogP contribution in [0.5, 0.6) is 34.9 Å². The molecule has 0 spiro atoms. The van der Waals surface area contributed by atoms with Gasteiger partial charge in [0.15, 0.2) is 63.8 Å². The second-order valence-electron chi connectivity index (χ2n) is 24.7. The van der Waals surface area contributed by atoms with Crippen LogP contribution in [-0.4, -0.2) is 150 Å². The maximum Gasteiger partial charge on any atom is 0.416 e. The first kappa shape index (κ1) is 70.8. The molecule has 3 amide bonds. The fraction of sp³-hybridized carbons (Fsp3) is 0.211. The van der Waals surface area contributed by atoms with Gasteiger partial charge in [0, 0.05) is 133 Å². The number of nitrogens with one attached hydrogen (secondary N) is 8. The van der Waals surface area contributed by atoms with E-state index < -0.39 is 41.0 Å². The van der Waals surface area contributed by atoms with Crippen LogP contribution in [0.1, 0.15) is 96.5 Å². The Morgan fingerprint density at radius 2 is 0.962 bits per heavy atom. The molecule has 0 atom stereocenters. The number of hydrogen-bond acceptors (Lipinski definition) is 18. The highest BCUT2D eigenvalue weighted by molar-refractivity contribution is 6.03. The minimum atomic E-state index is -4.66. The number of carbonyl (C=O) groups excluding carboxylic acids is 3. The molecule has 4 aromatic carbocycles. The smallest absolute Gasteiger partial charge is 0.416 e. The van der Waals surface area contributed by atoms with Crippen LogP contribution in [0.2, 0.25) is 0 Å². The van der Waals surface area contributed by atoms with Crippen LogP contribution in [-0.2, 0) is 6.18 Å². The summed E-state index contributed by atoms with van der Waals surface area (Å²) in [6.45, 7) is 9.07. The van der Waals surface area contributed by atoms with E-state index in [0.717, 1.165) is 59.8 Å². The van der Waals surface area contributed by atoms with Crippen molar-refractivity contribution in [2.45, 2.75) is 59.6 Å². The monoisotopic (exact) mass is 1420 g/mol. The first-order valence-corrected chi connectivity index (χ1v) is 32.0. The van der Waals surface area contributed by atoms with Crippen LogP contribution in [0.4, 0.5) is 61.1 Å². The number of benzene rings is 4. The number of imidazole rings is 1. The molecule has 1 aliphatic rings. The van der Waals surface area contributed by atoms with Gasteiger partial charge in [0.05, 0.1) is 23.3 Å². The lowest BCUT2D eigenvalue weighted by Gasteiger charge is -2.18. The number of alkyl halides is 3. The molecule has 1 fully saturated rings. The van der Waals surface area contributed by atoms with Gasteiger partial charge in [-0.3, -0.25) is 24.6 Å². The maximum atomic E-state index is 15.3. The number of carbonyl (C=O) groups is 3. The Hall–Kier alpha value is -13.1. The van der Waals surface area contributed by atoms with Crippen LogP contribution in [0.25, 0.3) is 44.5 Å². The van der Waals surface area contributed by atoms with Crippen molar-refractivity contribution >= 4 is 91.3 Å². The zero-order valence-electron chi connectivity index (χ0n) is 57.6. The van der Waals surface area contributed by atoms with E-state index in [2.05, 4.69) is 86.2 Å². The summed E-state index contributed by atoms with van der Waals surface area (Å²) in [5, 5.41) is 24.2. The molecule has 13 aromatic rings. The van der Waals surface area contributed by atoms with Crippen molar-refractivity contribution in [2.24, 2.45) is 0 Å². The molecular weight excluding hydrogens is 1360 g/mol. The van der Waals surface area contributed by atoms with Crippen molar-refractivity contribution < 1.29 is 54.9 Å². The Morgan fingerprint density at radius 3 is 1.36 bits per heavy atom. The van der Waals surface area contributed by atoms with E-state index in [1.165, 1.54) is 76.6 Å². The molecular formula is C71H67F6N21O6. The second kappa shape index (κ2) is 29.2. The topological polar surface area (TPSA) is 325 Å². The summed E-state index contributed by atoms with van der Waals surface area (Å²) in [4.78, 5) is 81.2. The first-order valence-electron chi connectivity index (χ1n) is 32.0. The molecule has 27 nitrogen and oxygen atoms in total. The molecule has 0 saturated heterocycles. The lowest BCUT2D eigenvalue weighted by Crippen LogP contribution is -2.24. The largest absolute Gasteiger partial charge is 0.435 e. The van der Waals surface area contributed by atoms with Gasteiger partial charge in [0.2, 0.25) is 17.6 Å². The zero-order valence-corrected chi connectivity index (χ0v) is 57.6. The molecule has 104 heavy (non-hydrogen) atoms. The number of amides is 3. The lowest BCUT2D eigenvalue weighted by atomic mass is 10.1. The number of fused-ring (bicyclic) bond motifs is 3. The van der Waals surface area contributed by atoms with E-state index in [-0.39, 0.29) is 91.7 Å². The number of halogens is 6. The standard InChI is InChI=1S/C27H23F4N7O2.2C22H22FN7O2/c1-14-7-19-20(35-14)5-6-21(23(19)28)40-25-22(26(39)37(3)4)24(32-12-33-25)36-17-8-16(27(29,30)31)9-18(10-17)38-11-15(2)34-13-38;1-11-8-13-14(26-11)6-7-16(19(13)23)32-21-18(22(31)30(2)3)20(24-10-25-21)27-17-9-15(28-29-17)12-4-5-12;1-5-6-13-10-17(29-28-13)27-20-18(22(31)30(3)4)21(25-11-24-20)32-16-8-7-15-14(19(16)23)9-12(2)26-15/h5-13,35H,1-4H3,(H,32,33,36);6-10,12,26H,4-5H2,1-3H3,(H2,24,25,27,28,29);5-11,26H,1-4H3,(H2,24,25,27,28,29)/b;;6-5+. The van der Waals surface area contributed by atoms with Crippen molar-refractivity contribution in [2.75, 3.05) is 58.2 Å². The fourth-order valence-corrected chi connectivity index (χ4v) is 10.9. The third-order valence-electron chi connectivity index (χ3n) is 16.0. The molecule has 14 rings (SSSR count). The Labute approximate surface area is 588 Å². The molecule has 0 aliphatic heterocycles. The van der Waals surface area contributed by atoms with E-state index in [1.54, 1.807) is 90.7 Å². The number of hydrogen-bond donors (Lipinski definition) is 8. The summed E-state index contributed by atoms with van der Waals surface area (Å²) in [5.41, 5.74) is 5.88. The van der Waals surface area contributed by atoms with Gasteiger partial charge in [-0.1, -0.05) is 6.08 Å². The lowest BCUT2D eigenvalue weighted by molar-refractivity contribution is -0.137. The van der Waals surface area contributed by atoms with Crippen molar-refractivity contribution in [3.63, 3.8) is 0 Å².